The van der Waals surface area contributed by atoms with Gasteiger partial charge in [-0.3, -0.25) is 0 Å². The van der Waals surface area contributed by atoms with Gasteiger partial charge in [0, 0.05) is 5.38 Å². The number of benzene rings is 1. The van der Waals surface area contributed by atoms with E-state index < -0.39 is 0 Å². The molecule has 0 saturated carbocycles. The minimum absolute atomic E-state index is 0.0972. The summed E-state index contributed by atoms with van der Waals surface area (Å²) in [6.45, 7) is 1.88. The summed E-state index contributed by atoms with van der Waals surface area (Å²) in [6, 6.07) is 3.48. The van der Waals surface area contributed by atoms with Gasteiger partial charge < -0.3 is 15.4 Å². The Morgan fingerprint density at radius 2 is 2.26 bits per heavy atom. The number of phenolic OH excluding ortho intramolecular Hbond substituents is 1. The van der Waals surface area contributed by atoms with Crippen molar-refractivity contribution in [1.82, 2.24) is 4.98 Å². The Labute approximate surface area is 112 Å². The molecule has 0 bridgehead atoms. The standard InChI is InChI=1S/C13H11N3O2S/c1-7-2-10(17)12-11(3-7)18-4-8(13(12)16-14)9-5-19-6-15-9/h2-6,17H,14H2,1H3/b16-13+. The van der Waals surface area contributed by atoms with Crippen molar-refractivity contribution in [3.8, 4) is 17.0 Å². The first kappa shape index (κ1) is 11.7. The van der Waals surface area contributed by atoms with E-state index in [0.717, 1.165) is 11.3 Å². The second-order valence-electron chi connectivity index (χ2n) is 4.16. The number of aromatic nitrogens is 1. The molecule has 0 fully saturated rings. The Kier molecular flexibility index (Phi) is 2.72. The Morgan fingerprint density at radius 1 is 1.42 bits per heavy atom. The molecule has 5 nitrogen and oxygen atoms in total. The van der Waals surface area contributed by atoms with Gasteiger partial charge in [-0.15, -0.1) is 11.3 Å². The zero-order valence-electron chi connectivity index (χ0n) is 10.1. The first-order valence-corrected chi connectivity index (χ1v) is 6.52. The lowest BCUT2D eigenvalue weighted by Crippen LogP contribution is -2.11. The second kappa shape index (κ2) is 4.40. The predicted molar refractivity (Wildman–Crippen MR) is 73.5 cm³/mol. The fraction of sp³-hybridized carbons (Fsp3) is 0.0769. The molecule has 0 amide bonds. The van der Waals surface area contributed by atoms with Crippen LogP contribution in [0.4, 0.5) is 0 Å². The van der Waals surface area contributed by atoms with Crippen LogP contribution in [0.25, 0.3) is 22.2 Å². The third kappa shape index (κ3) is 1.86. The van der Waals surface area contributed by atoms with E-state index in [0.29, 0.717) is 21.9 Å². The Bertz CT molecular complexity index is 807. The van der Waals surface area contributed by atoms with Crippen molar-refractivity contribution in [2.45, 2.75) is 6.92 Å². The summed E-state index contributed by atoms with van der Waals surface area (Å²) in [5.74, 6) is 5.57. The van der Waals surface area contributed by atoms with E-state index in [-0.39, 0.29) is 5.75 Å². The van der Waals surface area contributed by atoms with Crippen molar-refractivity contribution in [2.24, 2.45) is 10.9 Å². The van der Waals surface area contributed by atoms with Gasteiger partial charge in [-0.1, -0.05) is 0 Å². The molecule has 96 valence electrons. The molecule has 6 heteroatoms. The largest absolute Gasteiger partial charge is 0.507 e. The van der Waals surface area contributed by atoms with Gasteiger partial charge in [-0.05, 0) is 24.6 Å². The molecular weight excluding hydrogens is 262 g/mol. The van der Waals surface area contributed by atoms with Crippen molar-refractivity contribution in [3.05, 3.63) is 40.2 Å². The Morgan fingerprint density at radius 3 is 2.95 bits per heavy atom. The Balaban J connectivity index is 2.46. The maximum atomic E-state index is 10.1. The van der Waals surface area contributed by atoms with Crippen LogP contribution in [-0.4, -0.2) is 10.1 Å². The molecule has 2 aromatic heterocycles. The molecule has 19 heavy (non-hydrogen) atoms. The fourth-order valence-corrected chi connectivity index (χ4v) is 2.59. The predicted octanol–water partition coefficient (Wildman–Crippen LogP) is 2.34. The molecule has 0 aliphatic rings. The van der Waals surface area contributed by atoms with Crippen LogP contribution in [0.3, 0.4) is 0 Å². The molecule has 1 aromatic carbocycles. The van der Waals surface area contributed by atoms with Gasteiger partial charge in [-0.2, -0.15) is 5.10 Å². The summed E-state index contributed by atoms with van der Waals surface area (Å²) in [5.41, 5.74) is 4.54. The molecule has 0 aliphatic heterocycles. The monoisotopic (exact) mass is 273 g/mol. The minimum Gasteiger partial charge on any atom is -0.507 e. The van der Waals surface area contributed by atoms with Crippen LogP contribution in [0.2, 0.25) is 0 Å². The molecule has 0 spiro atoms. The zero-order chi connectivity index (χ0) is 13.4. The lowest BCUT2D eigenvalue weighted by molar-refractivity contribution is 0.479. The van der Waals surface area contributed by atoms with Crippen LogP contribution in [0.1, 0.15) is 5.56 Å². The number of aromatic hydroxyl groups is 1. The van der Waals surface area contributed by atoms with Gasteiger partial charge in [0.15, 0.2) is 0 Å². The molecule has 3 rings (SSSR count). The summed E-state index contributed by atoms with van der Waals surface area (Å²) in [5, 5.41) is 16.7. The van der Waals surface area contributed by atoms with Crippen molar-refractivity contribution < 1.29 is 9.52 Å². The highest BCUT2D eigenvalue weighted by Crippen LogP contribution is 2.26. The molecule has 0 aliphatic carbocycles. The molecule has 3 aromatic rings. The topological polar surface area (TPSA) is 84.6 Å². The number of nitrogens with zero attached hydrogens (tertiary/aromatic N) is 2. The maximum absolute atomic E-state index is 10.1. The highest BCUT2D eigenvalue weighted by molar-refractivity contribution is 7.07. The normalized spacial score (nSPS) is 12.2. The second-order valence-corrected chi connectivity index (χ2v) is 4.88. The van der Waals surface area contributed by atoms with E-state index >= 15 is 0 Å². The summed E-state index contributed by atoms with van der Waals surface area (Å²) in [7, 11) is 0. The van der Waals surface area contributed by atoms with E-state index in [1.54, 1.807) is 17.8 Å². The average molecular weight is 273 g/mol. The van der Waals surface area contributed by atoms with Crippen LogP contribution < -0.4 is 11.2 Å². The van der Waals surface area contributed by atoms with Gasteiger partial charge in [0.2, 0.25) is 0 Å². The number of rotatable bonds is 1. The van der Waals surface area contributed by atoms with Crippen LogP contribution in [-0.2, 0) is 0 Å². The molecule has 0 radical (unpaired) electrons. The first-order valence-electron chi connectivity index (χ1n) is 5.58. The van der Waals surface area contributed by atoms with Crippen LogP contribution >= 0.6 is 11.3 Å². The number of phenols is 1. The smallest absolute Gasteiger partial charge is 0.140 e. The van der Waals surface area contributed by atoms with E-state index in [4.69, 9.17) is 10.3 Å². The average Bonchev–Trinajstić information content (AvgIpc) is 2.90. The van der Waals surface area contributed by atoms with E-state index in [2.05, 4.69) is 10.1 Å². The third-order valence-electron chi connectivity index (χ3n) is 2.86. The summed E-state index contributed by atoms with van der Waals surface area (Å²) < 4.78 is 5.56. The summed E-state index contributed by atoms with van der Waals surface area (Å²) in [4.78, 5) is 4.21. The number of hydrogen-bond acceptors (Lipinski definition) is 6. The third-order valence-corrected chi connectivity index (χ3v) is 3.45. The van der Waals surface area contributed by atoms with Gasteiger partial charge in [-0.25, -0.2) is 4.98 Å². The van der Waals surface area contributed by atoms with Crippen molar-refractivity contribution in [1.29, 1.82) is 0 Å². The zero-order valence-corrected chi connectivity index (χ0v) is 10.9. The molecule has 2 heterocycles. The molecule has 3 N–H and O–H groups in total. The highest BCUT2D eigenvalue weighted by atomic mass is 32.1. The van der Waals surface area contributed by atoms with E-state index in [9.17, 15) is 5.11 Å². The molecule has 0 atom stereocenters. The fourth-order valence-electron chi connectivity index (χ4n) is 2.04. The number of thiazole rings is 1. The van der Waals surface area contributed by atoms with Crippen LogP contribution in [0, 0.1) is 6.92 Å². The maximum Gasteiger partial charge on any atom is 0.140 e. The quantitative estimate of drug-likeness (QED) is 0.526. The number of fused-ring (bicyclic) bond motifs is 1. The van der Waals surface area contributed by atoms with Crippen molar-refractivity contribution in [3.63, 3.8) is 0 Å². The van der Waals surface area contributed by atoms with E-state index in [1.165, 1.54) is 11.3 Å². The van der Waals surface area contributed by atoms with Crippen LogP contribution in [0.15, 0.2) is 38.8 Å². The minimum atomic E-state index is 0.0972. The molecular formula is C13H11N3O2S. The van der Waals surface area contributed by atoms with Gasteiger partial charge in [0.25, 0.3) is 0 Å². The lowest BCUT2D eigenvalue weighted by atomic mass is 10.1. The van der Waals surface area contributed by atoms with Crippen LogP contribution in [0.5, 0.6) is 5.75 Å². The first-order chi connectivity index (χ1) is 9.20. The van der Waals surface area contributed by atoms with Gasteiger partial charge in [0.1, 0.15) is 23.0 Å². The molecule has 0 saturated heterocycles. The van der Waals surface area contributed by atoms with Crippen molar-refractivity contribution >= 4 is 22.3 Å². The van der Waals surface area contributed by atoms with Gasteiger partial charge in [0.05, 0.1) is 22.2 Å². The number of nitrogens with two attached hydrogens (primary N) is 1. The highest BCUT2D eigenvalue weighted by Gasteiger charge is 2.12. The van der Waals surface area contributed by atoms with E-state index in [1.807, 2.05) is 18.4 Å². The van der Waals surface area contributed by atoms with Gasteiger partial charge >= 0.3 is 0 Å². The van der Waals surface area contributed by atoms with Crippen molar-refractivity contribution in [2.75, 3.05) is 0 Å². The number of aryl methyl sites for hydroxylation is 1. The summed E-state index contributed by atoms with van der Waals surface area (Å²) >= 11 is 1.47. The Hall–Kier alpha value is -2.34. The number of hydrogen-bond donors (Lipinski definition) is 2. The SMILES string of the molecule is Cc1cc(O)c2/c(=N/N)c(-c3cscn3)coc2c1. The lowest BCUT2D eigenvalue weighted by Gasteiger charge is -2.05. The molecule has 0 unspecified atom stereocenters. The summed E-state index contributed by atoms with van der Waals surface area (Å²) in [6.07, 6.45) is 1.56.